The molecule has 0 saturated carbocycles. The molecule has 37 heavy (non-hydrogen) atoms. The molecule has 2 heterocycles. The van der Waals surface area contributed by atoms with E-state index in [-0.39, 0.29) is 16.9 Å². The first-order valence-electron chi connectivity index (χ1n) is 13.2. The van der Waals surface area contributed by atoms with E-state index in [0.717, 1.165) is 38.2 Å². The van der Waals surface area contributed by atoms with Gasteiger partial charge in [0.2, 0.25) is 0 Å². The van der Waals surface area contributed by atoms with Crippen LogP contribution in [0.4, 0.5) is 16.2 Å². The first kappa shape index (κ1) is 25.0. The summed E-state index contributed by atoms with van der Waals surface area (Å²) in [6.07, 6.45) is 2.05. The molecule has 2 aliphatic rings. The molecule has 1 N–H and O–H groups in total. The zero-order chi connectivity index (χ0) is 26.2. The molecule has 5 heteroatoms. The highest BCUT2D eigenvalue weighted by Crippen LogP contribution is 2.47. The maximum absolute atomic E-state index is 13.4. The minimum Gasteiger partial charge on any atom is -0.307 e. The Labute approximate surface area is 220 Å². The number of nitrogens with zero attached hydrogens (tertiary/aromatic N) is 3. The summed E-state index contributed by atoms with van der Waals surface area (Å²) >= 11 is 0. The molecule has 3 aromatic carbocycles. The summed E-state index contributed by atoms with van der Waals surface area (Å²) in [6, 6.07) is 24.6. The third kappa shape index (κ3) is 5.12. The van der Waals surface area contributed by atoms with Gasteiger partial charge in [0.15, 0.2) is 0 Å². The van der Waals surface area contributed by atoms with Gasteiger partial charge in [-0.25, -0.2) is 4.79 Å². The number of hydrogen-bond acceptors (Lipinski definition) is 3. The molecule has 0 aromatic heterocycles. The lowest BCUT2D eigenvalue weighted by atomic mass is 9.74. The Morgan fingerprint density at radius 3 is 2.43 bits per heavy atom. The lowest BCUT2D eigenvalue weighted by molar-refractivity contribution is 0.160. The number of carbonyl (C=O) groups is 1. The van der Waals surface area contributed by atoms with Gasteiger partial charge < -0.3 is 5.32 Å². The van der Waals surface area contributed by atoms with Crippen molar-refractivity contribution in [3.05, 3.63) is 94.5 Å². The van der Waals surface area contributed by atoms with Crippen molar-refractivity contribution in [3.63, 3.8) is 0 Å². The number of nitrogens with one attached hydrogen (secondary N) is 1. The van der Waals surface area contributed by atoms with E-state index in [1.165, 1.54) is 22.3 Å². The minimum atomic E-state index is -0.140. The van der Waals surface area contributed by atoms with Crippen LogP contribution in [0, 0.1) is 18.3 Å². The van der Waals surface area contributed by atoms with E-state index in [1.54, 1.807) is 18.2 Å². The fourth-order valence-corrected chi connectivity index (χ4v) is 5.76. The second kappa shape index (κ2) is 9.68. The molecular formula is C32H36N4O. The lowest BCUT2D eigenvalue weighted by Gasteiger charge is -2.40. The predicted molar refractivity (Wildman–Crippen MR) is 150 cm³/mol. The molecule has 2 aliphatic heterocycles. The molecule has 5 nitrogen and oxygen atoms in total. The topological polar surface area (TPSA) is 59.4 Å². The highest BCUT2D eigenvalue weighted by Gasteiger charge is 2.46. The van der Waals surface area contributed by atoms with E-state index >= 15 is 0 Å². The van der Waals surface area contributed by atoms with Crippen molar-refractivity contribution in [2.45, 2.75) is 57.9 Å². The lowest BCUT2D eigenvalue weighted by Crippen LogP contribution is -2.46. The summed E-state index contributed by atoms with van der Waals surface area (Å²) in [4.78, 5) is 17.9. The van der Waals surface area contributed by atoms with Gasteiger partial charge in [-0.1, -0.05) is 68.8 Å². The average molecular weight is 493 g/mol. The largest absolute Gasteiger partial charge is 0.326 e. The van der Waals surface area contributed by atoms with Crippen molar-refractivity contribution in [2.24, 2.45) is 0 Å². The van der Waals surface area contributed by atoms with Gasteiger partial charge in [-0.3, -0.25) is 9.80 Å². The molecule has 0 atom stereocenters. The van der Waals surface area contributed by atoms with Crippen molar-refractivity contribution < 1.29 is 4.79 Å². The van der Waals surface area contributed by atoms with Crippen LogP contribution in [0.25, 0.3) is 0 Å². The van der Waals surface area contributed by atoms with E-state index in [4.69, 9.17) is 0 Å². The maximum atomic E-state index is 13.4. The number of amides is 2. The van der Waals surface area contributed by atoms with Crippen LogP contribution in [-0.2, 0) is 17.4 Å². The number of urea groups is 1. The first-order valence-corrected chi connectivity index (χ1v) is 13.2. The number of rotatable bonds is 3. The maximum Gasteiger partial charge on any atom is 0.326 e. The molecule has 5 rings (SSSR count). The fourth-order valence-electron chi connectivity index (χ4n) is 5.76. The molecule has 0 bridgehead atoms. The Morgan fingerprint density at radius 1 is 1.03 bits per heavy atom. The standard InChI is InChI=1S/C32H36N4O/c1-23-8-13-29-28(18-23)32(22-36(29)30(37)34-27-7-5-6-25(19-27)20-33)14-16-35(17-15-32)21-24-9-11-26(12-10-24)31(2,3)4/h5-13,18-19H,14-17,21-22H2,1-4H3,(H,34,37). The molecule has 3 aromatic rings. The van der Waals surface area contributed by atoms with E-state index in [2.05, 4.69) is 86.4 Å². The van der Waals surface area contributed by atoms with E-state index in [9.17, 15) is 10.1 Å². The Bertz CT molecular complexity index is 1340. The molecule has 0 aliphatic carbocycles. The summed E-state index contributed by atoms with van der Waals surface area (Å²) in [5.41, 5.74) is 7.56. The van der Waals surface area contributed by atoms with Gasteiger partial charge in [-0.2, -0.15) is 5.26 Å². The van der Waals surface area contributed by atoms with Crippen LogP contribution in [-0.4, -0.2) is 30.6 Å². The van der Waals surface area contributed by atoms with E-state index in [0.29, 0.717) is 17.8 Å². The number of piperidine rings is 1. The predicted octanol–water partition coefficient (Wildman–Crippen LogP) is 6.75. The highest BCUT2D eigenvalue weighted by molar-refractivity contribution is 6.03. The first-order chi connectivity index (χ1) is 17.7. The van der Waals surface area contributed by atoms with Gasteiger partial charge >= 0.3 is 6.03 Å². The van der Waals surface area contributed by atoms with Crippen LogP contribution in [0.15, 0.2) is 66.7 Å². The molecule has 2 amide bonds. The van der Waals surface area contributed by atoms with Gasteiger partial charge in [0.05, 0.1) is 11.6 Å². The van der Waals surface area contributed by atoms with Crippen molar-refractivity contribution in [2.75, 3.05) is 29.9 Å². The van der Waals surface area contributed by atoms with Crippen LogP contribution < -0.4 is 10.2 Å². The number of fused-ring (bicyclic) bond motifs is 2. The van der Waals surface area contributed by atoms with E-state index in [1.807, 2.05) is 11.0 Å². The molecule has 0 unspecified atom stereocenters. The van der Waals surface area contributed by atoms with Gasteiger partial charge in [0.25, 0.3) is 0 Å². The Hall–Kier alpha value is -3.62. The van der Waals surface area contributed by atoms with Gasteiger partial charge in [-0.15, -0.1) is 0 Å². The highest BCUT2D eigenvalue weighted by atomic mass is 16.2. The normalized spacial score (nSPS) is 16.9. The molecular weight excluding hydrogens is 456 g/mol. The number of aryl methyl sites for hydroxylation is 1. The monoisotopic (exact) mass is 492 g/mol. The van der Waals surface area contributed by atoms with Crippen LogP contribution in [0.2, 0.25) is 0 Å². The molecule has 0 radical (unpaired) electrons. The number of nitriles is 1. The van der Waals surface area contributed by atoms with Crippen molar-refractivity contribution in [3.8, 4) is 6.07 Å². The van der Waals surface area contributed by atoms with Crippen molar-refractivity contribution in [1.29, 1.82) is 5.26 Å². The zero-order valence-corrected chi connectivity index (χ0v) is 22.3. The number of likely N-dealkylation sites (tertiary alicyclic amines) is 1. The fraction of sp³-hybridized carbons (Fsp3) is 0.375. The average Bonchev–Trinajstić information content (AvgIpc) is 3.18. The molecule has 190 valence electrons. The number of benzene rings is 3. The van der Waals surface area contributed by atoms with Crippen molar-refractivity contribution >= 4 is 17.4 Å². The second-order valence-corrected chi connectivity index (χ2v) is 11.7. The Morgan fingerprint density at radius 2 is 1.76 bits per heavy atom. The molecule has 1 saturated heterocycles. The summed E-state index contributed by atoms with van der Waals surface area (Å²) in [5, 5.41) is 12.2. The summed E-state index contributed by atoms with van der Waals surface area (Å²) in [7, 11) is 0. The van der Waals surface area contributed by atoms with Gasteiger partial charge in [0.1, 0.15) is 0 Å². The minimum absolute atomic E-state index is 0.0280. The molecule has 1 spiro atoms. The van der Waals surface area contributed by atoms with Crippen LogP contribution in [0.1, 0.15) is 61.4 Å². The van der Waals surface area contributed by atoms with E-state index < -0.39 is 0 Å². The smallest absolute Gasteiger partial charge is 0.307 e. The number of carbonyl (C=O) groups excluding carboxylic acids is 1. The third-order valence-electron chi connectivity index (χ3n) is 8.00. The van der Waals surface area contributed by atoms with Gasteiger partial charge in [-0.05, 0) is 79.2 Å². The summed E-state index contributed by atoms with van der Waals surface area (Å²) in [5.74, 6) is 0. The zero-order valence-electron chi connectivity index (χ0n) is 22.3. The van der Waals surface area contributed by atoms with Crippen LogP contribution in [0.5, 0.6) is 0 Å². The van der Waals surface area contributed by atoms with Crippen LogP contribution in [0.3, 0.4) is 0 Å². The third-order valence-corrected chi connectivity index (χ3v) is 8.00. The molecule has 1 fully saturated rings. The number of anilines is 2. The second-order valence-electron chi connectivity index (χ2n) is 11.7. The van der Waals surface area contributed by atoms with Gasteiger partial charge in [0, 0.05) is 29.9 Å². The summed E-state index contributed by atoms with van der Waals surface area (Å²) < 4.78 is 0. The Balaban J connectivity index is 1.30. The Kier molecular flexibility index (Phi) is 6.56. The number of hydrogen-bond donors (Lipinski definition) is 1. The SMILES string of the molecule is Cc1ccc2c(c1)C1(CCN(Cc3ccc(C(C)(C)C)cc3)CC1)CN2C(=O)Nc1cccc(C#N)c1. The summed E-state index contributed by atoms with van der Waals surface area (Å²) in [6.45, 7) is 12.5. The van der Waals surface area contributed by atoms with Crippen LogP contribution >= 0.6 is 0 Å². The quantitative estimate of drug-likeness (QED) is 0.440. The van der Waals surface area contributed by atoms with Crippen molar-refractivity contribution in [1.82, 2.24) is 4.90 Å².